The Morgan fingerprint density at radius 3 is 1.32 bits per heavy atom. The molecule has 0 saturated heterocycles. The van der Waals surface area contributed by atoms with E-state index in [0.29, 0.717) is 0 Å². The van der Waals surface area contributed by atoms with Crippen LogP contribution in [0.4, 0.5) is 0 Å². The first kappa shape index (κ1) is 38.9. The van der Waals surface area contributed by atoms with Gasteiger partial charge < -0.3 is 4.57 Å². The van der Waals surface area contributed by atoms with Gasteiger partial charge in [-0.15, -0.1) is 0 Å². The van der Waals surface area contributed by atoms with Crippen molar-refractivity contribution in [2.24, 2.45) is 0 Å². The van der Waals surface area contributed by atoms with E-state index in [2.05, 4.69) is 270 Å². The van der Waals surface area contributed by atoms with E-state index in [1.54, 1.807) is 0 Å². The molecule has 310 valence electrons. The van der Waals surface area contributed by atoms with Gasteiger partial charge in [-0.1, -0.05) is 212 Å². The molecule has 2 heterocycles. The van der Waals surface area contributed by atoms with E-state index in [9.17, 15) is 0 Å². The highest BCUT2D eigenvalue weighted by molar-refractivity contribution is 6.11. The fourth-order valence-corrected chi connectivity index (χ4v) is 9.57. The van der Waals surface area contributed by atoms with Crippen molar-refractivity contribution in [3.63, 3.8) is 0 Å². The number of nitrogens with zero attached hydrogens (tertiary/aromatic N) is 3. The van der Waals surface area contributed by atoms with Crippen LogP contribution >= 0.6 is 0 Å². The summed E-state index contributed by atoms with van der Waals surface area (Å²) >= 11 is 0. The molecular weight excluding hydrogens is 799 g/mol. The average molecular weight is 842 g/mol. The van der Waals surface area contributed by atoms with E-state index in [1.807, 2.05) is 0 Å². The van der Waals surface area contributed by atoms with Gasteiger partial charge in [0, 0.05) is 27.6 Å². The average Bonchev–Trinajstić information content (AvgIpc) is 4.00. The van der Waals surface area contributed by atoms with E-state index in [4.69, 9.17) is 5.10 Å². The Hall–Kier alpha value is -8.79. The zero-order chi connectivity index (χ0) is 43.8. The second-order valence-electron chi connectivity index (χ2n) is 16.8. The van der Waals surface area contributed by atoms with Gasteiger partial charge in [-0.2, -0.15) is 5.10 Å². The first-order chi connectivity index (χ1) is 32.7. The van der Waals surface area contributed by atoms with E-state index >= 15 is 0 Å². The Labute approximate surface area is 384 Å². The molecule has 0 aliphatic heterocycles. The minimum atomic E-state index is 0.922. The lowest BCUT2D eigenvalue weighted by Crippen LogP contribution is -1.99. The maximum absolute atomic E-state index is 5.30. The minimum absolute atomic E-state index is 0.922. The SMILES string of the molecule is c1ccc(-c2ccc(-c3cc(-c4ccc(-c5ccccc5)cc4)n(-c4ccc(-c5ccccc5-c5ccccc5-c5ccc6c(c5)c5ccccc5n6-c5ccccc5)cc4)n3)cc2)cc1. The molecule has 0 amide bonds. The molecule has 0 spiro atoms. The third kappa shape index (κ3) is 7.10. The molecule has 3 heteroatoms. The summed E-state index contributed by atoms with van der Waals surface area (Å²) in [6.07, 6.45) is 0. The number of rotatable bonds is 9. The summed E-state index contributed by atoms with van der Waals surface area (Å²) in [5.74, 6) is 0. The van der Waals surface area contributed by atoms with Gasteiger partial charge in [-0.3, -0.25) is 0 Å². The first-order valence-electron chi connectivity index (χ1n) is 22.5. The molecule has 12 rings (SSSR count). The summed E-state index contributed by atoms with van der Waals surface area (Å²) < 4.78 is 4.46. The van der Waals surface area contributed by atoms with Crippen molar-refractivity contribution in [2.45, 2.75) is 0 Å². The number of aromatic nitrogens is 3. The highest BCUT2D eigenvalue weighted by Crippen LogP contribution is 2.41. The molecule has 0 atom stereocenters. The fourth-order valence-electron chi connectivity index (χ4n) is 9.57. The predicted molar refractivity (Wildman–Crippen MR) is 276 cm³/mol. The van der Waals surface area contributed by atoms with E-state index in [1.165, 1.54) is 71.9 Å². The number of fused-ring (bicyclic) bond motifs is 3. The maximum Gasteiger partial charge on any atom is 0.0934 e. The van der Waals surface area contributed by atoms with Crippen LogP contribution in [-0.2, 0) is 0 Å². The fraction of sp³-hybridized carbons (Fsp3) is 0. The van der Waals surface area contributed by atoms with Crippen molar-refractivity contribution >= 4 is 21.8 Å². The number of para-hydroxylation sites is 2. The summed E-state index contributed by atoms with van der Waals surface area (Å²) in [5.41, 5.74) is 20.5. The van der Waals surface area contributed by atoms with Gasteiger partial charge in [-0.25, -0.2) is 4.68 Å². The predicted octanol–water partition coefficient (Wildman–Crippen LogP) is 16.6. The van der Waals surface area contributed by atoms with Crippen LogP contribution in [0.3, 0.4) is 0 Å². The van der Waals surface area contributed by atoms with Crippen molar-refractivity contribution in [3.05, 3.63) is 261 Å². The molecule has 3 nitrogen and oxygen atoms in total. The van der Waals surface area contributed by atoms with Crippen LogP contribution in [0.1, 0.15) is 0 Å². The largest absolute Gasteiger partial charge is 0.309 e. The standard InChI is InChI=1S/C63H43N3/c1-4-16-44(17-5-1)46-28-32-49(33-29-46)60-43-63(50-34-30-47(31-35-50)45-18-6-2-7-19-45)66(64-60)53-39-36-48(37-40-53)54-22-10-12-24-56(54)57-25-13-11-23-55(57)51-38-41-62-59(42-51)58-26-14-15-27-61(58)65(62)52-20-8-3-9-21-52/h1-43H. The Bertz CT molecular complexity index is 3640. The number of hydrogen-bond acceptors (Lipinski definition) is 1. The molecule has 0 bridgehead atoms. The van der Waals surface area contributed by atoms with Crippen LogP contribution in [0.5, 0.6) is 0 Å². The van der Waals surface area contributed by atoms with Gasteiger partial charge in [-0.05, 0) is 104 Å². The second kappa shape index (κ2) is 16.7. The minimum Gasteiger partial charge on any atom is -0.309 e. The van der Waals surface area contributed by atoms with E-state index in [0.717, 1.165) is 39.5 Å². The van der Waals surface area contributed by atoms with Gasteiger partial charge in [0.2, 0.25) is 0 Å². The van der Waals surface area contributed by atoms with Gasteiger partial charge in [0.05, 0.1) is 28.1 Å². The molecule has 0 aliphatic carbocycles. The molecule has 0 aliphatic rings. The van der Waals surface area contributed by atoms with Crippen LogP contribution < -0.4 is 0 Å². The molecule has 10 aromatic carbocycles. The van der Waals surface area contributed by atoms with E-state index in [-0.39, 0.29) is 0 Å². The monoisotopic (exact) mass is 841 g/mol. The Kier molecular flexibility index (Phi) is 9.85. The lowest BCUT2D eigenvalue weighted by Gasteiger charge is -2.16. The number of hydrogen-bond donors (Lipinski definition) is 0. The Balaban J connectivity index is 0.918. The summed E-state index contributed by atoms with van der Waals surface area (Å²) in [5, 5.41) is 7.78. The van der Waals surface area contributed by atoms with Crippen molar-refractivity contribution in [1.29, 1.82) is 0 Å². The van der Waals surface area contributed by atoms with E-state index < -0.39 is 0 Å². The zero-order valence-electron chi connectivity index (χ0n) is 36.2. The third-order valence-corrected chi connectivity index (χ3v) is 12.9. The second-order valence-corrected chi connectivity index (χ2v) is 16.8. The Morgan fingerprint density at radius 1 is 0.258 bits per heavy atom. The van der Waals surface area contributed by atoms with Crippen LogP contribution in [0.2, 0.25) is 0 Å². The van der Waals surface area contributed by atoms with Crippen LogP contribution in [0, 0.1) is 0 Å². The molecule has 2 aromatic heterocycles. The van der Waals surface area contributed by atoms with Crippen molar-refractivity contribution < 1.29 is 0 Å². The van der Waals surface area contributed by atoms with Gasteiger partial charge in [0.1, 0.15) is 0 Å². The molecule has 12 aromatic rings. The van der Waals surface area contributed by atoms with Crippen molar-refractivity contribution in [3.8, 4) is 89.5 Å². The lowest BCUT2D eigenvalue weighted by molar-refractivity contribution is 0.892. The summed E-state index contributed by atoms with van der Waals surface area (Å²) in [7, 11) is 0. The number of benzene rings is 10. The highest BCUT2D eigenvalue weighted by atomic mass is 15.3. The Morgan fingerprint density at radius 2 is 0.697 bits per heavy atom. The summed E-state index contributed by atoms with van der Waals surface area (Å²) in [6.45, 7) is 0. The van der Waals surface area contributed by atoms with Crippen molar-refractivity contribution in [2.75, 3.05) is 0 Å². The molecular formula is C63H43N3. The molecule has 66 heavy (non-hydrogen) atoms. The van der Waals surface area contributed by atoms with Gasteiger partial charge in [0.25, 0.3) is 0 Å². The van der Waals surface area contributed by atoms with Gasteiger partial charge in [0.15, 0.2) is 0 Å². The van der Waals surface area contributed by atoms with Crippen LogP contribution in [0.25, 0.3) is 111 Å². The summed E-state index contributed by atoms with van der Waals surface area (Å²) in [4.78, 5) is 0. The summed E-state index contributed by atoms with van der Waals surface area (Å²) in [6, 6.07) is 93.6. The smallest absolute Gasteiger partial charge is 0.0934 e. The van der Waals surface area contributed by atoms with Crippen LogP contribution in [-0.4, -0.2) is 14.3 Å². The quantitative estimate of drug-likeness (QED) is 0.142. The van der Waals surface area contributed by atoms with Gasteiger partial charge >= 0.3 is 0 Å². The highest BCUT2D eigenvalue weighted by Gasteiger charge is 2.18. The van der Waals surface area contributed by atoms with Crippen molar-refractivity contribution in [1.82, 2.24) is 14.3 Å². The molecule has 0 saturated carbocycles. The lowest BCUT2D eigenvalue weighted by atomic mass is 9.89. The maximum atomic E-state index is 5.30. The van der Waals surface area contributed by atoms with Crippen LogP contribution in [0.15, 0.2) is 261 Å². The topological polar surface area (TPSA) is 22.8 Å². The third-order valence-electron chi connectivity index (χ3n) is 12.9. The molecule has 0 unspecified atom stereocenters. The first-order valence-corrected chi connectivity index (χ1v) is 22.5. The molecule has 0 fully saturated rings. The zero-order valence-corrected chi connectivity index (χ0v) is 36.2. The molecule has 0 radical (unpaired) electrons. The normalized spacial score (nSPS) is 11.3. The molecule has 0 N–H and O–H groups in total.